The molecule has 1 amide bonds. The molecular weight excluding hydrogens is 412 g/mol. The molecule has 3 aromatic rings. The lowest BCUT2D eigenvalue weighted by Gasteiger charge is -2.37. The predicted octanol–water partition coefficient (Wildman–Crippen LogP) is 5.87. The second-order valence-electron chi connectivity index (χ2n) is 8.42. The average molecular weight is 443 g/mol. The summed E-state index contributed by atoms with van der Waals surface area (Å²) in [5, 5.41) is 0. The minimum Gasteiger partial charge on any atom is -0.481 e. The second-order valence-corrected chi connectivity index (χ2v) is 8.42. The first-order valence-corrected chi connectivity index (χ1v) is 11.6. The van der Waals surface area contributed by atoms with Crippen molar-refractivity contribution in [3.05, 3.63) is 78.0 Å². The first-order chi connectivity index (χ1) is 16.1. The topological polar surface area (TPSA) is 59.5 Å². The predicted molar refractivity (Wildman–Crippen MR) is 131 cm³/mol. The van der Waals surface area contributed by atoms with Gasteiger partial charge in [-0.2, -0.15) is 0 Å². The van der Waals surface area contributed by atoms with Crippen LogP contribution in [-0.4, -0.2) is 29.8 Å². The van der Waals surface area contributed by atoms with Gasteiger partial charge in [0.15, 0.2) is 5.78 Å². The molecule has 0 bridgehead atoms. The van der Waals surface area contributed by atoms with Crippen molar-refractivity contribution in [3.63, 3.8) is 0 Å². The van der Waals surface area contributed by atoms with Crippen LogP contribution in [-0.2, 0) is 11.2 Å². The summed E-state index contributed by atoms with van der Waals surface area (Å²) in [7, 11) is 1.59. The molecule has 1 aliphatic carbocycles. The van der Waals surface area contributed by atoms with Crippen LogP contribution >= 0.6 is 0 Å². The van der Waals surface area contributed by atoms with Crippen LogP contribution in [0.25, 0.3) is 11.1 Å². The summed E-state index contributed by atoms with van der Waals surface area (Å²) in [6, 6.07) is 20.0. The maximum Gasteiger partial charge on any atom is 0.226 e. The third-order valence-corrected chi connectivity index (χ3v) is 6.36. The zero-order valence-corrected chi connectivity index (χ0v) is 19.3. The number of anilines is 1. The van der Waals surface area contributed by atoms with Crippen LogP contribution in [0.1, 0.15) is 54.9 Å². The van der Waals surface area contributed by atoms with Crippen LogP contribution in [0.5, 0.6) is 5.88 Å². The Bertz CT molecular complexity index is 1100. The fourth-order valence-electron chi connectivity index (χ4n) is 4.23. The largest absolute Gasteiger partial charge is 0.481 e. The highest BCUT2D eigenvalue weighted by molar-refractivity contribution is 5.97. The van der Waals surface area contributed by atoms with Crippen molar-refractivity contribution >= 4 is 17.4 Å². The minimum atomic E-state index is 0.0945. The minimum absolute atomic E-state index is 0.0945. The van der Waals surface area contributed by atoms with Crippen molar-refractivity contribution < 1.29 is 14.3 Å². The van der Waals surface area contributed by atoms with E-state index in [1.807, 2.05) is 60.4 Å². The van der Waals surface area contributed by atoms with Gasteiger partial charge in [-0.3, -0.25) is 9.59 Å². The number of hydrogen-bond donors (Lipinski definition) is 0. The number of benzene rings is 2. The summed E-state index contributed by atoms with van der Waals surface area (Å²) < 4.78 is 5.27. The molecule has 0 N–H and O–H groups in total. The van der Waals surface area contributed by atoms with Crippen molar-refractivity contribution in [2.75, 3.05) is 12.0 Å². The van der Waals surface area contributed by atoms with Gasteiger partial charge in [0.2, 0.25) is 11.8 Å². The summed E-state index contributed by atoms with van der Waals surface area (Å²) in [5.74, 6) is 0.844. The highest BCUT2D eigenvalue weighted by Gasteiger charge is 2.29. The number of Topliss-reactive ketones (excluding diaryl/α,β-unsaturated/α-hetero) is 1. The molecule has 0 spiro atoms. The highest BCUT2D eigenvalue weighted by Crippen LogP contribution is 2.32. The molecule has 0 radical (unpaired) electrons. The van der Waals surface area contributed by atoms with E-state index in [2.05, 4.69) is 17.1 Å². The van der Waals surface area contributed by atoms with E-state index in [0.29, 0.717) is 36.7 Å². The van der Waals surface area contributed by atoms with Gasteiger partial charge < -0.3 is 9.64 Å². The second kappa shape index (κ2) is 10.4. The van der Waals surface area contributed by atoms with E-state index >= 15 is 0 Å². The average Bonchev–Trinajstić information content (AvgIpc) is 2.84. The Balaban J connectivity index is 1.42. The number of carbonyl (C=O) groups excluding carboxylic acids is 2. The van der Waals surface area contributed by atoms with Gasteiger partial charge in [0.1, 0.15) is 0 Å². The zero-order valence-electron chi connectivity index (χ0n) is 19.3. The number of hydrogen-bond acceptors (Lipinski definition) is 4. The van der Waals surface area contributed by atoms with Crippen LogP contribution in [0.3, 0.4) is 0 Å². The molecule has 1 saturated carbocycles. The molecular formula is C28H30N2O3. The van der Waals surface area contributed by atoms with E-state index in [9.17, 15) is 9.59 Å². The summed E-state index contributed by atoms with van der Waals surface area (Å²) in [6.45, 7) is 1.92. The van der Waals surface area contributed by atoms with Gasteiger partial charge in [0, 0.05) is 41.9 Å². The van der Waals surface area contributed by atoms with Gasteiger partial charge in [-0.1, -0.05) is 49.4 Å². The van der Waals surface area contributed by atoms with E-state index in [0.717, 1.165) is 35.2 Å². The van der Waals surface area contributed by atoms with Crippen LogP contribution < -0.4 is 9.64 Å². The fraction of sp³-hybridized carbons (Fsp3) is 0.321. The van der Waals surface area contributed by atoms with Crippen molar-refractivity contribution in [3.8, 4) is 17.0 Å². The van der Waals surface area contributed by atoms with Gasteiger partial charge >= 0.3 is 0 Å². The molecule has 0 saturated heterocycles. The number of amides is 1. The monoisotopic (exact) mass is 442 g/mol. The first kappa shape index (κ1) is 22.7. The quantitative estimate of drug-likeness (QED) is 0.389. The highest BCUT2D eigenvalue weighted by atomic mass is 16.5. The Hall–Kier alpha value is -3.47. The molecule has 0 atom stereocenters. The summed E-state index contributed by atoms with van der Waals surface area (Å²) in [6.07, 6.45) is 6.54. The maximum absolute atomic E-state index is 12.7. The van der Waals surface area contributed by atoms with Crippen LogP contribution in [0.4, 0.5) is 5.69 Å². The Morgan fingerprint density at radius 1 is 1.00 bits per heavy atom. The molecule has 1 aromatic heterocycles. The van der Waals surface area contributed by atoms with Gasteiger partial charge in [0.05, 0.1) is 7.11 Å². The van der Waals surface area contributed by atoms with Crippen molar-refractivity contribution in [1.82, 2.24) is 4.98 Å². The molecule has 4 rings (SSSR count). The van der Waals surface area contributed by atoms with E-state index in [-0.39, 0.29) is 11.7 Å². The van der Waals surface area contributed by atoms with E-state index in [4.69, 9.17) is 4.74 Å². The number of ketones is 1. The summed E-state index contributed by atoms with van der Waals surface area (Å²) in [4.78, 5) is 31.3. The number of carbonyl (C=O) groups is 2. The number of aromatic nitrogens is 1. The van der Waals surface area contributed by atoms with Crippen LogP contribution in [0.2, 0.25) is 0 Å². The van der Waals surface area contributed by atoms with Gasteiger partial charge in [0.25, 0.3) is 0 Å². The molecule has 170 valence electrons. The lowest BCUT2D eigenvalue weighted by molar-refractivity contribution is -0.119. The zero-order chi connectivity index (χ0) is 23.2. The maximum atomic E-state index is 12.7. The summed E-state index contributed by atoms with van der Waals surface area (Å²) >= 11 is 0. The normalized spacial score (nSPS) is 13.3. The Morgan fingerprint density at radius 2 is 1.67 bits per heavy atom. The van der Waals surface area contributed by atoms with Gasteiger partial charge in [-0.25, -0.2) is 4.98 Å². The van der Waals surface area contributed by atoms with Crippen LogP contribution in [0.15, 0.2) is 66.9 Å². The van der Waals surface area contributed by atoms with Gasteiger partial charge in [-0.15, -0.1) is 0 Å². The number of ether oxygens (including phenoxy) is 1. The van der Waals surface area contributed by atoms with Gasteiger partial charge in [-0.05, 0) is 55.0 Å². The SMILES string of the molecule is CCC(=O)N(c1ccc(-c2ccc(C(=O)CCc3cccnc3OC)cc2)cc1)C1CCC1. The molecule has 33 heavy (non-hydrogen) atoms. The summed E-state index contributed by atoms with van der Waals surface area (Å²) in [5.41, 5.74) is 4.71. The number of methoxy groups -OCH3 is 1. The third kappa shape index (κ3) is 5.14. The molecule has 1 fully saturated rings. The molecule has 1 heterocycles. The lowest BCUT2D eigenvalue weighted by atomic mass is 9.90. The third-order valence-electron chi connectivity index (χ3n) is 6.36. The molecule has 5 heteroatoms. The Kier molecular flexibility index (Phi) is 7.18. The molecule has 5 nitrogen and oxygen atoms in total. The van der Waals surface area contributed by atoms with Crippen LogP contribution in [0, 0.1) is 0 Å². The molecule has 2 aromatic carbocycles. The number of aryl methyl sites for hydroxylation is 1. The smallest absolute Gasteiger partial charge is 0.226 e. The van der Waals surface area contributed by atoms with E-state index in [1.54, 1.807) is 13.3 Å². The first-order valence-electron chi connectivity index (χ1n) is 11.6. The molecule has 0 aliphatic heterocycles. The van der Waals surface area contributed by atoms with E-state index < -0.39 is 0 Å². The number of pyridine rings is 1. The van der Waals surface area contributed by atoms with Crippen molar-refractivity contribution in [2.24, 2.45) is 0 Å². The lowest BCUT2D eigenvalue weighted by Crippen LogP contribution is -2.44. The fourth-order valence-corrected chi connectivity index (χ4v) is 4.23. The van der Waals surface area contributed by atoms with Crippen molar-refractivity contribution in [1.29, 1.82) is 0 Å². The molecule has 1 aliphatic rings. The van der Waals surface area contributed by atoms with Crippen molar-refractivity contribution in [2.45, 2.75) is 51.5 Å². The Labute approximate surface area is 195 Å². The Morgan fingerprint density at radius 3 is 2.24 bits per heavy atom. The number of rotatable bonds is 9. The molecule has 0 unspecified atom stereocenters. The van der Waals surface area contributed by atoms with E-state index in [1.165, 1.54) is 6.42 Å². The standard InChI is InChI=1S/C28H30N2O3/c1-3-27(32)30(24-7-4-8-24)25-16-13-21(14-17-25)20-9-11-22(12-10-20)26(31)18-15-23-6-5-19-29-28(23)33-2/h5-6,9-14,16-17,19,24H,3-4,7-8,15,18H2,1-2H3. The number of nitrogens with zero attached hydrogens (tertiary/aromatic N) is 2.